The molecule has 0 unspecified atom stereocenters. The summed E-state index contributed by atoms with van der Waals surface area (Å²) in [5.41, 5.74) is -0.857. The van der Waals surface area contributed by atoms with Gasteiger partial charge < -0.3 is 10.2 Å². The molecule has 0 spiro atoms. The lowest BCUT2D eigenvalue weighted by atomic mass is 9.96. The van der Waals surface area contributed by atoms with Crippen molar-refractivity contribution >= 4 is 23.3 Å². The molecule has 1 saturated carbocycles. The van der Waals surface area contributed by atoms with Gasteiger partial charge in [-0.3, -0.25) is 4.79 Å². The van der Waals surface area contributed by atoms with Gasteiger partial charge in [0.15, 0.2) is 0 Å². The Morgan fingerprint density at radius 1 is 1.26 bits per heavy atom. The normalized spacial score (nSPS) is 19.7. The van der Waals surface area contributed by atoms with Crippen LogP contribution in [0.5, 0.6) is 0 Å². The molecule has 1 N–H and O–H groups in total. The fraction of sp³-hybridized carbons (Fsp3) is 0.600. The third kappa shape index (κ3) is 3.88. The van der Waals surface area contributed by atoms with Crippen molar-refractivity contribution in [2.75, 3.05) is 18.0 Å². The highest BCUT2D eigenvalue weighted by molar-refractivity contribution is 6.33. The number of carbonyl (C=O) groups excluding carboxylic acids is 1. The number of anilines is 1. The quantitative estimate of drug-likeness (QED) is 0.913. The molecule has 0 atom stereocenters. The lowest BCUT2D eigenvalue weighted by molar-refractivity contribution is -0.137. The fourth-order valence-corrected chi connectivity index (χ4v) is 3.00. The molecule has 23 heavy (non-hydrogen) atoms. The molecular formula is C15H17ClF3N3O. The van der Waals surface area contributed by atoms with Gasteiger partial charge in [0.1, 0.15) is 5.82 Å². The standard InChI is InChI=1S/C15H17ClF3N3O/c16-12-7-10(15(17,18)19)8-20-13(12)22-5-3-9(4-6-22)14(23)21-11-1-2-11/h7-9,11H,1-6H2,(H,21,23). The van der Waals surface area contributed by atoms with E-state index >= 15 is 0 Å². The molecule has 3 rings (SSSR count). The first-order chi connectivity index (χ1) is 10.8. The summed E-state index contributed by atoms with van der Waals surface area (Å²) in [6.07, 6.45) is -0.253. The number of amides is 1. The van der Waals surface area contributed by atoms with Crippen molar-refractivity contribution in [1.29, 1.82) is 0 Å². The van der Waals surface area contributed by atoms with Crippen molar-refractivity contribution < 1.29 is 18.0 Å². The largest absolute Gasteiger partial charge is 0.417 e. The van der Waals surface area contributed by atoms with E-state index in [1.165, 1.54) is 0 Å². The van der Waals surface area contributed by atoms with E-state index < -0.39 is 11.7 Å². The first-order valence-electron chi connectivity index (χ1n) is 7.62. The number of alkyl halides is 3. The van der Waals surface area contributed by atoms with E-state index in [4.69, 9.17) is 11.6 Å². The summed E-state index contributed by atoms with van der Waals surface area (Å²) in [6, 6.07) is 1.24. The van der Waals surface area contributed by atoms with E-state index in [1.54, 1.807) is 0 Å². The number of hydrogen-bond donors (Lipinski definition) is 1. The Kier molecular flexibility index (Phi) is 4.40. The highest BCUT2D eigenvalue weighted by Crippen LogP contribution is 2.34. The number of nitrogens with zero attached hydrogens (tertiary/aromatic N) is 2. The molecule has 1 aliphatic heterocycles. The van der Waals surface area contributed by atoms with Gasteiger partial charge >= 0.3 is 6.18 Å². The number of carbonyl (C=O) groups is 1. The van der Waals surface area contributed by atoms with Gasteiger partial charge in [0.25, 0.3) is 0 Å². The van der Waals surface area contributed by atoms with Crippen molar-refractivity contribution in [3.05, 3.63) is 22.8 Å². The van der Waals surface area contributed by atoms with Crippen LogP contribution in [-0.4, -0.2) is 30.0 Å². The fourth-order valence-electron chi connectivity index (χ4n) is 2.72. The second kappa shape index (κ2) is 6.19. The lowest BCUT2D eigenvalue weighted by Gasteiger charge is -2.32. The van der Waals surface area contributed by atoms with Crippen LogP contribution in [0.4, 0.5) is 19.0 Å². The molecule has 0 bridgehead atoms. The minimum Gasteiger partial charge on any atom is -0.355 e. The van der Waals surface area contributed by atoms with E-state index in [1.807, 2.05) is 4.90 Å². The predicted octanol–water partition coefficient (Wildman–Crippen LogP) is 3.25. The van der Waals surface area contributed by atoms with Crippen LogP contribution in [0.2, 0.25) is 5.02 Å². The van der Waals surface area contributed by atoms with E-state index in [9.17, 15) is 18.0 Å². The molecule has 2 fully saturated rings. The number of pyridine rings is 1. The number of hydrogen-bond acceptors (Lipinski definition) is 3. The summed E-state index contributed by atoms with van der Waals surface area (Å²) in [5, 5.41) is 2.98. The van der Waals surface area contributed by atoms with E-state index in [0.29, 0.717) is 37.8 Å². The molecule has 0 aromatic carbocycles. The van der Waals surface area contributed by atoms with Crippen molar-refractivity contribution in [1.82, 2.24) is 10.3 Å². The van der Waals surface area contributed by atoms with Crippen LogP contribution in [0.3, 0.4) is 0 Å². The maximum atomic E-state index is 12.6. The van der Waals surface area contributed by atoms with Gasteiger partial charge in [0.05, 0.1) is 10.6 Å². The molecule has 8 heteroatoms. The highest BCUT2D eigenvalue weighted by Gasteiger charge is 2.33. The first-order valence-corrected chi connectivity index (χ1v) is 8.00. The van der Waals surface area contributed by atoms with E-state index in [0.717, 1.165) is 25.1 Å². The van der Waals surface area contributed by atoms with Gasteiger partial charge in [0, 0.05) is 31.2 Å². The zero-order valence-electron chi connectivity index (χ0n) is 12.4. The molecule has 1 amide bonds. The third-order valence-electron chi connectivity index (χ3n) is 4.24. The van der Waals surface area contributed by atoms with Crippen LogP contribution in [0.15, 0.2) is 12.3 Å². The van der Waals surface area contributed by atoms with Crippen LogP contribution in [0, 0.1) is 5.92 Å². The van der Waals surface area contributed by atoms with Gasteiger partial charge in [-0.25, -0.2) is 4.98 Å². The van der Waals surface area contributed by atoms with Gasteiger partial charge in [-0.05, 0) is 31.7 Å². The molecule has 2 aliphatic rings. The number of piperidine rings is 1. The maximum Gasteiger partial charge on any atom is 0.417 e. The first kappa shape index (κ1) is 16.4. The molecule has 1 aromatic heterocycles. The van der Waals surface area contributed by atoms with Crippen molar-refractivity contribution in [3.8, 4) is 0 Å². The molecule has 126 valence electrons. The summed E-state index contributed by atoms with van der Waals surface area (Å²) in [6.45, 7) is 1.11. The van der Waals surface area contributed by atoms with Crippen LogP contribution in [0.1, 0.15) is 31.2 Å². The second-order valence-electron chi connectivity index (χ2n) is 6.07. The summed E-state index contributed by atoms with van der Waals surface area (Å²) in [4.78, 5) is 17.7. The Bertz CT molecular complexity index is 596. The number of aromatic nitrogens is 1. The van der Waals surface area contributed by atoms with Gasteiger partial charge in [0.2, 0.25) is 5.91 Å². The Morgan fingerprint density at radius 3 is 2.43 bits per heavy atom. The molecular weight excluding hydrogens is 331 g/mol. The summed E-state index contributed by atoms with van der Waals surface area (Å²) in [5.74, 6) is 0.388. The average Bonchev–Trinajstić information content (AvgIpc) is 3.30. The smallest absolute Gasteiger partial charge is 0.355 e. The molecule has 4 nitrogen and oxygen atoms in total. The maximum absolute atomic E-state index is 12.6. The number of rotatable bonds is 3. The summed E-state index contributed by atoms with van der Waals surface area (Å²) in [7, 11) is 0. The summed E-state index contributed by atoms with van der Waals surface area (Å²) >= 11 is 5.96. The Balaban J connectivity index is 1.62. The molecule has 2 heterocycles. The van der Waals surface area contributed by atoms with E-state index in [-0.39, 0.29) is 16.8 Å². The lowest BCUT2D eigenvalue weighted by Crippen LogP contribution is -2.41. The topological polar surface area (TPSA) is 45.2 Å². The SMILES string of the molecule is O=C(NC1CC1)C1CCN(c2ncc(C(F)(F)F)cc2Cl)CC1. The number of nitrogens with one attached hydrogen (secondary N) is 1. The third-order valence-corrected chi connectivity index (χ3v) is 4.52. The van der Waals surface area contributed by atoms with Crippen LogP contribution >= 0.6 is 11.6 Å². The molecule has 0 radical (unpaired) electrons. The number of halogens is 4. The molecule has 1 aromatic rings. The Morgan fingerprint density at radius 2 is 1.91 bits per heavy atom. The van der Waals surface area contributed by atoms with Crippen molar-refractivity contribution in [3.63, 3.8) is 0 Å². The average molecular weight is 348 g/mol. The van der Waals surface area contributed by atoms with Crippen LogP contribution < -0.4 is 10.2 Å². The minimum absolute atomic E-state index is 0.0132. The monoisotopic (exact) mass is 347 g/mol. The Hall–Kier alpha value is -1.50. The van der Waals surface area contributed by atoms with E-state index in [2.05, 4.69) is 10.3 Å². The van der Waals surface area contributed by atoms with Gasteiger partial charge in [-0.2, -0.15) is 13.2 Å². The predicted molar refractivity (Wildman–Crippen MR) is 80.4 cm³/mol. The zero-order chi connectivity index (χ0) is 16.6. The van der Waals surface area contributed by atoms with Crippen molar-refractivity contribution in [2.45, 2.75) is 37.9 Å². The molecule has 1 saturated heterocycles. The van der Waals surface area contributed by atoms with Crippen molar-refractivity contribution in [2.24, 2.45) is 5.92 Å². The minimum atomic E-state index is -4.46. The second-order valence-corrected chi connectivity index (χ2v) is 6.48. The van der Waals surface area contributed by atoms with Crippen LogP contribution in [0.25, 0.3) is 0 Å². The van der Waals surface area contributed by atoms with Crippen LogP contribution in [-0.2, 0) is 11.0 Å². The zero-order valence-corrected chi connectivity index (χ0v) is 13.1. The highest BCUT2D eigenvalue weighted by atomic mass is 35.5. The van der Waals surface area contributed by atoms with Gasteiger partial charge in [-0.1, -0.05) is 11.6 Å². The summed E-state index contributed by atoms with van der Waals surface area (Å²) < 4.78 is 37.9. The Labute approximate surface area is 137 Å². The molecule has 1 aliphatic carbocycles. The van der Waals surface area contributed by atoms with Gasteiger partial charge in [-0.15, -0.1) is 0 Å².